The predicted octanol–water partition coefficient (Wildman–Crippen LogP) is 3.16. The van der Waals surface area contributed by atoms with Gasteiger partial charge in [0.15, 0.2) is 0 Å². The number of benzene rings is 1. The van der Waals surface area contributed by atoms with Crippen molar-refractivity contribution in [1.82, 2.24) is 14.8 Å². The molecule has 0 bridgehead atoms. The van der Waals surface area contributed by atoms with Crippen LogP contribution in [-0.2, 0) is 7.05 Å². The number of nitrogens with two attached hydrogens (primary N) is 1. The van der Waals surface area contributed by atoms with Crippen LogP contribution in [0.15, 0.2) is 47.6 Å². The molecular weight excluding hydrogens is 287 g/mol. The first-order valence-corrected chi connectivity index (χ1v) is 6.75. The smallest absolute Gasteiger partial charge is 0.132 e. The van der Waals surface area contributed by atoms with Crippen LogP contribution in [0.1, 0.15) is 0 Å². The van der Waals surface area contributed by atoms with Crippen LogP contribution in [0.4, 0.5) is 10.1 Å². The third-order valence-electron chi connectivity index (χ3n) is 3.14. The quantitative estimate of drug-likeness (QED) is 0.715. The number of pyridine rings is 1. The van der Waals surface area contributed by atoms with Crippen molar-refractivity contribution in [3.05, 3.63) is 48.4 Å². The molecule has 0 amide bonds. The fourth-order valence-electron chi connectivity index (χ4n) is 2.14. The van der Waals surface area contributed by atoms with Crippen molar-refractivity contribution in [1.29, 1.82) is 0 Å². The largest absolute Gasteiger partial charge is 0.397 e. The molecule has 6 heteroatoms. The lowest BCUT2D eigenvalue weighted by atomic mass is 10.1. The molecule has 0 radical (unpaired) electrons. The van der Waals surface area contributed by atoms with E-state index in [0.717, 1.165) is 5.56 Å². The van der Waals surface area contributed by atoms with Crippen LogP contribution >= 0.6 is 12.6 Å². The van der Waals surface area contributed by atoms with E-state index in [9.17, 15) is 4.39 Å². The number of rotatable bonds is 2. The Hall–Kier alpha value is -2.34. The normalized spacial score (nSPS) is 10.8. The summed E-state index contributed by atoms with van der Waals surface area (Å²) in [5, 5.41) is 4.79. The molecule has 0 saturated carbocycles. The molecule has 0 aliphatic carbocycles. The highest BCUT2D eigenvalue weighted by molar-refractivity contribution is 7.80. The number of anilines is 1. The maximum Gasteiger partial charge on any atom is 0.132 e. The van der Waals surface area contributed by atoms with E-state index in [2.05, 4.69) is 22.7 Å². The van der Waals surface area contributed by atoms with Crippen LogP contribution in [0.2, 0.25) is 0 Å². The van der Waals surface area contributed by atoms with Crippen LogP contribution < -0.4 is 5.73 Å². The molecule has 3 aromatic rings. The maximum absolute atomic E-state index is 14.0. The molecule has 1 aromatic carbocycles. The molecule has 2 aromatic heterocycles. The van der Waals surface area contributed by atoms with E-state index in [-0.39, 0.29) is 5.82 Å². The Morgan fingerprint density at radius 3 is 2.62 bits per heavy atom. The Kier molecular flexibility index (Phi) is 3.39. The molecule has 21 heavy (non-hydrogen) atoms. The number of halogens is 1. The summed E-state index contributed by atoms with van der Waals surface area (Å²) in [5.41, 5.74) is 8.59. The van der Waals surface area contributed by atoms with Gasteiger partial charge in [-0.25, -0.2) is 9.37 Å². The SMILES string of the molecule is Cn1cc(-c2ccc(N)c(S)n2)c(-c2ccccc2F)n1. The van der Waals surface area contributed by atoms with E-state index >= 15 is 0 Å². The molecule has 0 fully saturated rings. The lowest BCUT2D eigenvalue weighted by molar-refractivity contribution is 0.630. The summed E-state index contributed by atoms with van der Waals surface area (Å²) < 4.78 is 15.7. The van der Waals surface area contributed by atoms with Gasteiger partial charge in [0.25, 0.3) is 0 Å². The molecule has 2 N–H and O–H groups in total. The van der Waals surface area contributed by atoms with Gasteiger partial charge in [0, 0.05) is 24.4 Å². The Labute approximate surface area is 126 Å². The van der Waals surface area contributed by atoms with Gasteiger partial charge in [0.1, 0.15) is 16.5 Å². The number of thiol groups is 1. The Morgan fingerprint density at radius 1 is 1.14 bits per heavy atom. The lowest BCUT2D eigenvalue weighted by Gasteiger charge is -2.05. The van der Waals surface area contributed by atoms with Crippen LogP contribution in [0.25, 0.3) is 22.5 Å². The molecule has 0 unspecified atom stereocenters. The van der Waals surface area contributed by atoms with Crippen LogP contribution in [-0.4, -0.2) is 14.8 Å². The van der Waals surface area contributed by atoms with Crippen LogP contribution in [0.3, 0.4) is 0 Å². The second-order valence-electron chi connectivity index (χ2n) is 4.65. The molecule has 106 valence electrons. The van der Waals surface area contributed by atoms with Gasteiger partial charge in [0.2, 0.25) is 0 Å². The monoisotopic (exact) mass is 300 g/mol. The third-order valence-corrected chi connectivity index (χ3v) is 3.50. The zero-order valence-corrected chi connectivity index (χ0v) is 12.2. The Morgan fingerprint density at radius 2 is 1.90 bits per heavy atom. The molecule has 2 heterocycles. The summed E-state index contributed by atoms with van der Waals surface area (Å²) in [7, 11) is 1.78. The van der Waals surface area contributed by atoms with Crippen molar-refractivity contribution in [2.75, 3.05) is 5.73 Å². The highest BCUT2D eigenvalue weighted by atomic mass is 32.1. The minimum Gasteiger partial charge on any atom is -0.397 e. The summed E-state index contributed by atoms with van der Waals surface area (Å²) in [6, 6.07) is 10.0. The van der Waals surface area contributed by atoms with Gasteiger partial charge < -0.3 is 5.73 Å². The van der Waals surface area contributed by atoms with Crippen molar-refractivity contribution >= 4 is 18.3 Å². The maximum atomic E-state index is 14.0. The fraction of sp³-hybridized carbons (Fsp3) is 0.0667. The summed E-state index contributed by atoms with van der Waals surface area (Å²) in [5.74, 6) is -0.320. The van der Waals surface area contributed by atoms with Crippen molar-refractivity contribution in [3.63, 3.8) is 0 Å². The second-order valence-corrected chi connectivity index (χ2v) is 5.08. The second kappa shape index (κ2) is 5.21. The average Bonchev–Trinajstić information content (AvgIpc) is 2.84. The lowest BCUT2D eigenvalue weighted by Crippen LogP contribution is -1.93. The zero-order chi connectivity index (χ0) is 15.0. The van der Waals surface area contributed by atoms with Crippen LogP contribution in [0.5, 0.6) is 0 Å². The number of hydrogen-bond donors (Lipinski definition) is 2. The molecule has 3 rings (SSSR count). The highest BCUT2D eigenvalue weighted by Crippen LogP contribution is 2.32. The fourth-order valence-corrected chi connectivity index (χ4v) is 2.32. The molecule has 0 spiro atoms. The van der Waals surface area contributed by atoms with Gasteiger partial charge in [0.05, 0.1) is 11.4 Å². The van der Waals surface area contributed by atoms with E-state index in [4.69, 9.17) is 5.73 Å². The van der Waals surface area contributed by atoms with Gasteiger partial charge >= 0.3 is 0 Å². The van der Waals surface area contributed by atoms with Gasteiger partial charge in [-0.3, -0.25) is 4.68 Å². The Balaban J connectivity index is 2.20. The first-order valence-electron chi connectivity index (χ1n) is 6.30. The minimum absolute atomic E-state index is 0.320. The summed E-state index contributed by atoms with van der Waals surface area (Å²) >= 11 is 4.23. The van der Waals surface area contributed by atoms with Crippen molar-refractivity contribution in [2.24, 2.45) is 7.05 Å². The summed E-state index contributed by atoms with van der Waals surface area (Å²) in [6.45, 7) is 0. The van der Waals surface area contributed by atoms with E-state index in [1.807, 2.05) is 0 Å². The number of hydrogen-bond acceptors (Lipinski definition) is 4. The number of nitrogen functional groups attached to an aromatic ring is 1. The average molecular weight is 300 g/mol. The first kappa shape index (κ1) is 13.6. The van der Waals surface area contributed by atoms with E-state index < -0.39 is 0 Å². The summed E-state index contributed by atoms with van der Waals surface area (Å²) in [6.07, 6.45) is 1.80. The van der Waals surface area contributed by atoms with Crippen LogP contribution in [0, 0.1) is 5.82 Å². The highest BCUT2D eigenvalue weighted by Gasteiger charge is 2.16. The Bertz CT molecular complexity index is 813. The van der Waals surface area contributed by atoms with Gasteiger partial charge in [-0.05, 0) is 24.3 Å². The predicted molar refractivity (Wildman–Crippen MR) is 83.5 cm³/mol. The van der Waals surface area contributed by atoms with Gasteiger partial charge in [-0.15, -0.1) is 12.6 Å². The minimum atomic E-state index is -0.320. The van der Waals surface area contributed by atoms with Gasteiger partial charge in [-0.2, -0.15) is 5.10 Å². The summed E-state index contributed by atoms with van der Waals surface area (Å²) in [4.78, 5) is 4.34. The van der Waals surface area contributed by atoms with E-state index in [0.29, 0.717) is 27.7 Å². The topological polar surface area (TPSA) is 56.7 Å². The van der Waals surface area contributed by atoms with Gasteiger partial charge in [-0.1, -0.05) is 12.1 Å². The zero-order valence-electron chi connectivity index (χ0n) is 11.3. The van der Waals surface area contributed by atoms with Crippen molar-refractivity contribution in [3.8, 4) is 22.5 Å². The number of aryl methyl sites for hydroxylation is 1. The number of nitrogens with zero attached hydrogens (tertiary/aromatic N) is 3. The number of aromatic nitrogens is 3. The standard InChI is InChI=1S/C15H13FN4S/c1-20-8-10(13-7-6-12(17)15(21)18-13)14(19-20)9-4-2-3-5-11(9)16/h2-8H,17H2,1H3,(H,18,21). The van der Waals surface area contributed by atoms with Crippen molar-refractivity contribution < 1.29 is 4.39 Å². The first-order chi connectivity index (χ1) is 10.1. The molecule has 0 saturated heterocycles. The molecule has 0 aliphatic heterocycles. The molecule has 0 atom stereocenters. The van der Waals surface area contributed by atoms with E-state index in [1.54, 1.807) is 48.3 Å². The van der Waals surface area contributed by atoms with Crippen molar-refractivity contribution in [2.45, 2.75) is 5.03 Å². The molecular formula is C15H13FN4S. The third kappa shape index (κ3) is 2.50. The molecule has 0 aliphatic rings. The molecule has 4 nitrogen and oxygen atoms in total. The van der Waals surface area contributed by atoms with E-state index in [1.165, 1.54) is 6.07 Å².